The number of aromatic nitrogens is 5. The van der Waals surface area contributed by atoms with E-state index in [1.807, 2.05) is 35.2 Å². The molecule has 0 radical (unpaired) electrons. The summed E-state index contributed by atoms with van der Waals surface area (Å²) in [5.74, 6) is -0.231. The highest BCUT2D eigenvalue weighted by molar-refractivity contribution is 5.92. The van der Waals surface area contributed by atoms with Gasteiger partial charge in [0.1, 0.15) is 11.3 Å². The van der Waals surface area contributed by atoms with Crippen LogP contribution < -0.4 is 4.90 Å². The molecule has 0 atom stereocenters. The molecular formula is C19H16N8O4. The number of para-hydroxylation sites is 1. The van der Waals surface area contributed by atoms with Gasteiger partial charge in [-0.15, -0.1) is 5.10 Å². The number of rotatable bonds is 4. The number of nitro groups is 1. The molecule has 31 heavy (non-hydrogen) atoms. The number of piperazine rings is 1. The summed E-state index contributed by atoms with van der Waals surface area (Å²) in [4.78, 5) is 35.0. The van der Waals surface area contributed by atoms with Crippen molar-refractivity contribution in [3.63, 3.8) is 0 Å². The van der Waals surface area contributed by atoms with Crippen molar-refractivity contribution in [1.82, 2.24) is 29.9 Å². The smallest absolute Gasteiger partial charge is 0.395 e. The molecule has 0 saturated carbocycles. The van der Waals surface area contributed by atoms with Crippen LogP contribution in [0, 0.1) is 10.1 Å². The van der Waals surface area contributed by atoms with Gasteiger partial charge in [-0.05, 0) is 18.2 Å². The molecule has 1 amide bonds. The van der Waals surface area contributed by atoms with Crippen LogP contribution in [0.1, 0.15) is 10.6 Å². The fourth-order valence-corrected chi connectivity index (χ4v) is 3.53. The quantitative estimate of drug-likeness (QED) is 0.356. The maximum Gasteiger partial charge on any atom is 0.433 e. The van der Waals surface area contributed by atoms with E-state index >= 15 is 0 Å². The average molecular weight is 420 g/mol. The molecular weight excluding hydrogens is 404 g/mol. The molecule has 12 heteroatoms. The number of amides is 1. The molecule has 1 saturated heterocycles. The van der Waals surface area contributed by atoms with Crippen LogP contribution in [0.2, 0.25) is 0 Å². The summed E-state index contributed by atoms with van der Waals surface area (Å²) in [5, 5.41) is 19.3. The first-order valence-corrected chi connectivity index (χ1v) is 9.52. The van der Waals surface area contributed by atoms with Crippen LogP contribution in [0.4, 0.5) is 11.7 Å². The molecule has 0 N–H and O–H groups in total. The van der Waals surface area contributed by atoms with Crippen LogP contribution in [0.3, 0.4) is 0 Å². The molecule has 156 valence electrons. The molecule has 0 unspecified atom stereocenters. The predicted octanol–water partition coefficient (Wildman–Crippen LogP) is 1.67. The number of furan rings is 1. The second kappa shape index (κ2) is 7.48. The second-order valence-electron chi connectivity index (χ2n) is 6.88. The SMILES string of the molecule is O=C(c1ccc([N+](=O)[O-])o1)N1CCN(c2ncnc3c2nnn3-c2ccccc2)CC1. The van der Waals surface area contributed by atoms with Gasteiger partial charge in [0.25, 0.3) is 5.91 Å². The monoisotopic (exact) mass is 420 g/mol. The molecule has 0 spiro atoms. The van der Waals surface area contributed by atoms with Crippen molar-refractivity contribution in [2.24, 2.45) is 0 Å². The Morgan fingerprint density at radius 3 is 2.52 bits per heavy atom. The van der Waals surface area contributed by atoms with Crippen LogP contribution in [0.25, 0.3) is 16.9 Å². The second-order valence-corrected chi connectivity index (χ2v) is 6.88. The molecule has 1 aliphatic rings. The zero-order valence-corrected chi connectivity index (χ0v) is 16.2. The summed E-state index contributed by atoms with van der Waals surface area (Å²) < 4.78 is 6.69. The first-order chi connectivity index (χ1) is 15.1. The van der Waals surface area contributed by atoms with E-state index in [1.54, 1.807) is 9.58 Å². The Morgan fingerprint density at radius 2 is 1.81 bits per heavy atom. The molecule has 5 rings (SSSR count). The topological polar surface area (TPSA) is 136 Å². The van der Waals surface area contributed by atoms with Gasteiger partial charge < -0.3 is 14.2 Å². The largest absolute Gasteiger partial charge is 0.433 e. The highest BCUT2D eigenvalue weighted by atomic mass is 16.6. The van der Waals surface area contributed by atoms with Crippen LogP contribution in [0.15, 0.2) is 53.2 Å². The minimum atomic E-state index is -0.669. The zero-order valence-electron chi connectivity index (χ0n) is 16.2. The summed E-state index contributed by atoms with van der Waals surface area (Å²) in [7, 11) is 0. The van der Waals surface area contributed by atoms with E-state index in [0.29, 0.717) is 43.2 Å². The number of fused-ring (bicyclic) bond motifs is 1. The molecule has 1 aliphatic heterocycles. The first kappa shape index (κ1) is 18.7. The number of benzene rings is 1. The zero-order chi connectivity index (χ0) is 21.4. The molecule has 1 aromatic carbocycles. The lowest BCUT2D eigenvalue weighted by molar-refractivity contribution is -0.402. The molecule has 12 nitrogen and oxygen atoms in total. The summed E-state index contributed by atoms with van der Waals surface area (Å²) in [6.07, 6.45) is 1.47. The van der Waals surface area contributed by atoms with Gasteiger partial charge in [0.15, 0.2) is 22.7 Å². The minimum Gasteiger partial charge on any atom is -0.395 e. The van der Waals surface area contributed by atoms with E-state index in [9.17, 15) is 14.9 Å². The van der Waals surface area contributed by atoms with Crippen LogP contribution in [-0.4, -0.2) is 66.9 Å². The van der Waals surface area contributed by atoms with Crippen molar-refractivity contribution in [3.8, 4) is 5.69 Å². The van der Waals surface area contributed by atoms with Crippen molar-refractivity contribution < 1.29 is 14.1 Å². The number of hydrogen-bond donors (Lipinski definition) is 0. The third-order valence-corrected chi connectivity index (χ3v) is 5.07. The highest BCUT2D eigenvalue weighted by Gasteiger charge is 2.28. The van der Waals surface area contributed by atoms with E-state index in [-0.39, 0.29) is 11.7 Å². The van der Waals surface area contributed by atoms with E-state index in [0.717, 1.165) is 5.69 Å². The fourth-order valence-electron chi connectivity index (χ4n) is 3.53. The Bertz CT molecular complexity index is 1260. The standard InChI is InChI=1S/C19H16N8O4/c28-19(14-6-7-15(31-14)27(29)30)25-10-8-24(9-11-25)17-16-18(21-12-20-17)26(23-22-16)13-4-2-1-3-5-13/h1-7,12H,8-11H2. The lowest BCUT2D eigenvalue weighted by Gasteiger charge is -2.34. The Kier molecular flexibility index (Phi) is 4.50. The van der Waals surface area contributed by atoms with E-state index < -0.39 is 10.8 Å². The van der Waals surface area contributed by atoms with Gasteiger partial charge in [-0.1, -0.05) is 23.4 Å². The molecule has 3 aromatic heterocycles. The Labute approximate surface area is 174 Å². The summed E-state index contributed by atoms with van der Waals surface area (Å²) in [6, 6.07) is 12.1. The molecule has 1 fully saturated rings. The average Bonchev–Trinajstić information content (AvgIpc) is 3.47. The van der Waals surface area contributed by atoms with Crippen LogP contribution in [0.5, 0.6) is 0 Å². The van der Waals surface area contributed by atoms with Gasteiger partial charge in [-0.2, -0.15) is 4.68 Å². The van der Waals surface area contributed by atoms with Crippen molar-refractivity contribution in [2.45, 2.75) is 0 Å². The minimum absolute atomic E-state index is 0.0459. The van der Waals surface area contributed by atoms with E-state index in [4.69, 9.17) is 4.42 Å². The normalized spacial score (nSPS) is 14.2. The summed E-state index contributed by atoms with van der Waals surface area (Å²) in [5.41, 5.74) is 2.02. The van der Waals surface area contributed by atoms with Gasteiger partial charge in [0, 0.05) is 26.2 Å². The lowest BCUT2D eigenvalue weighted by Crippen LogP contribution is -2.49. The number of hydrogen-bond acceptors (Lipinski definition) is 9. The van der Waals surface area contributed by atoms with Crippen molar-refractivity contribution in [2.75, 3.05) is 31.1 Å². The summed E-state index contributed by atoms with van der Waals surface area (Å²) >= 11 is 0. The number of carbonyl (C=O) groups excluding carboxylic acids is 1. The highest BCUT2D eigenvalue weighted by Crippen LogP contribution is 2.24. The van der Waals surface area contributed by atoms with Gasteiger partial charge in [-0.25, -0.2) is 9.97 Å². The van der Waals surface area contributed by atoms with Crippen LogP contribution >= 0.6 is 0 Å². The third-order valence-electron chi connectivity index (χ3n) is 5.07. The number of nitrogens with zero attached hydrogens (tertiary/aromatic N) is 8. The van der Waals surface area contributed by atoms with Gasteiger partial charge in [0.05, 0.1) is 11.8 Å². The van der Waals surface area contributed by atoms with E-state index in [2.05, 4.69) is 20.3 Å². The molecule has 4 aromatic rings. The Morgan fingerprint density at radius 1 is 1.03 bits per heavy atom. The third kappa shape index (κ3) is 3.33. The van der Waals surface area contributed by atoms with Crippen molar-refractivity contribution in [3.05, 3.63) is 64.7 Å². The van der Waals surface area contributed by atoms with Gasteiger partial charge >= 0.3 is 5.88 Å². The van der Waals surface area contributed by atoms with Crippen molar-refractivity contribution in [1.29, 1.82) is 0 Å². The molecule has 4 heterocycles. The maximum atomic E-state index is 12.6. The van der Waals surface area contributed by atoms with Gasteiger partial charge in [-0.3, -0.25) is 14.9 Å². The lowest BCUT2D eigenvalue weighted by atomic mass is 10.2. The number of anilines is 1. The summed E-state index contributed by atoms with van der Waals surface area (Å²) in [6.45, 7) is 1.84. The first-order valence-electron chi connectivity index (χ1n) is 9.52. The van der Waals surface area contributed by atoms with E-state index in [1.165, 1.54) is 18.5 Å². The predicted molar refractivity (Wildman–Crippen MR) is 108 cm³/mol. The molecule has 0 bridgehead atoms. The Balaban J connectivity index is 1.34. The maximum absolute atomic E-state index is 12.6. The molecule has 0 aliphatic carbocycles. The number of carbonyl (C=O) groups is 1. The van der Waals surface area contributed by atoms with Crippen molar-refractivity contribution >= 4 is 28.8 Å². The fraction of sp³-hybridized carbons (Fsp3) is 0.211. The van der Waals surface area contributed by atoms with Crippen LogP contribution in [-0.2, 0) is 0 Å². The van der Waals surface area contributed by atoms with Gasteiger partial charge in [0.2, 0.25) is 0 Å². The Hall–Kier alpha value is -4.35.